The fourth-order valence-electron chi connectivity index (χ4n) is 3.60. The molecule has 0 aliphatic heterocycles. The number of hydrogen-bond donors (Lipinski definition) is 1. The van der Waals surface area contributed by atoms with E-state index in [4.69, 9.17) is 5.73 Å². The third kappa shape index (κ3) is 3.63. The van der Waals surface area contributed by atoms with E-state index in [-0.39, 0.29) is 5.56 Å². The number of carbonyl (C=O) groups is 1. The molecule has 1 amide bonds. The van der Waals surface area contributed by atoms with Crippen molar-refractivity contribution < 1.29 is 4.79 Å². The molecule has 0 fully saturated rings. The summed E-state index contributed by atoms with van der Waals surface area (Å²) in [6, 6.07) is 17.1. The highest BCUT2D eigenvalue weighted by Gasteiger charge is 2.16. The molecule has 0 spiro atoms. The second kappa shape index (κ2) is 8.14. The zero-order valence-electron chi connectivity index (χ0n) is 17.1. The number of fused-ring (bicyclic) bond motifs is 1. The lowest BCUT2D eigenvalue weighted by Crippen LogP contribution is -2.21. The third-order valence-electron chi connectivity index (χ3n) is 5.25. The highest BCUT2D eigenvalue weighted by molar-refractivity contribution is 7.22. The summed E-state index contributed by atoms with van der Waals surface area (Å²) in [4.78, 5) is 35.5. The van der Waals surface area contributed by atoms with Crippen molar-refractivity contribution in [3.63, 3.8) is 0 Å². The number of hydrogen-bond acceptors (Lipinski definition) is 6. The molecule has 3 aromatic heterocycles. The van der Waals surface area contributed by atoms with Gasteiger partial charge in [-0.2, -0.15) is 0 Å². The molecule has 0 radical (unpaired) electrons. The number of nitrogens with zero attached hydrogens (tertiary/aromatic N) is 3. The van der Waals surface area contributed by atoms with Gasteiger partial charge in [0.1, 0.15) is 9.84 Å². The van der Waals surface area contributed by atoms with Gasteiger partial charge in [-0.25, -0.2) is 9.97 Å². The predicted octanol–water partition coefficient (Wildman–Crippen LogP) is 4.70. The SMILES string of the molecule is Cc1c(-c2ccccc2)sc2ncn(Cc3csc(-c4ccc(C(N)=O)cc4)n3)c(=O)c12. The molecule has 0 saturated heterocycles. The summed E-state index contributed by atoms with van der Waals surface area (Å²) in [6.45, 7) is 2.32. The molecule has 158 valence electrons. The van der Waals surface area contributed by atoms with E-state index in [0.717, 1.165) is 37.1 Å². The lowest BCUT2D eigenvalue weighted by atomic mass is 10.1. The first kappa shape index (κ1) is 20.3. The lowest BCUT2D eigenvalue weighted by molar-refractivity contribution is 0.100. The van der Waals surface area contributed by atoms with Crippen LogP contribution in [0, 0.1) is 6.92 Å². The van der Waals surface area contributed by atoms with Gasteiger partial charge in [-0.05, 0) is 30.2 Å². The molecule has 0 bridgehead atoms. The molecule has 0 atom stereocenters. The van der Waals surface area contributed by atoms with E-state index in [2.05, 4.69) is 9.97 Å². The van der Waals surface area contributed by atoms with E-state index < -0.39 is 5.91 Å². The van der Waals surface area contributed by atoms with Gasteiger partial charge in [-0.3, -0.25) is 14.2 Å². The van der Waals surface area contributed by atoms with E-state index >= 15 is 0 Å². The van der Waals surface area contributed by atoms with Crippen LogP contribution < -0.4 is 11.3 Å². The summed E-state index contributed by atoms with van der Waals surface area (Å²) in [6.07, 6.45) is 1.59. The fraction of sp³-hybridized carbons (Fsp3) is 0.0833. The first-order valence-electron chi connectivity index (χ1n) is 9.90. The molecule has 5 aromatic rings. The highest BCUT2D eigenvalue weighted by Crippen LogP contribution is 2.35. The van der Waals surface area contributed by atoms with Gasteiger partial charge in [0, 0.05) is 21.4 Å². The molecule has 5 rings (SSSR count). The van der Waals surface area contributed by atoms with Crippen molar-refractivity contribution in [2.24, 2.45) is 5.73 Å². The van der Waals surface area contributed by atoms with Gasteiger partial charge in [0.2, 0.25) is 5.91 Å². The molecule has 2 N–H and O–H groups in total. The Bertz CT molecular complexity index is 1500. The van der Waals surface area contributed by atoms with Crippen molar-refractivity contribution in [1.29, 1.82) is 0 Å². The number of rotatable bonds is 5. The Balaban J connectivity index is 1.46. The van der Waals surface area contributed by atoms with Crippen LogP contribution in [0.2, 0.25) is 0 Å². The molecule has 0 aliphatic rings. The number of amides is 1. The summed E-state index contributed by atoms with van der Waals surface area (Å²) < 4.78 is 1.60. The molecular formula is C24H18N4O2S2. The number of carbonyl (C=O) groups excluding carboxylic acids is 1. The van der Waals surface area contributed by atoms with Crippen LogP contribution >= 0.6 is 22.7 Å². The molecule has 32 heavy (non-hydrogen) atoms. The first-order chi connectivity index (χ1) is 15.5. The standard InChI is InChI=1S/C24H18N4O2S2/c1-14-19-23(32-20(14)15-5-3-2-4-6-15)26-13-28(24(19)30)11-18-12-31-22(27-18)17-9-7-16(8-10-17)21(25)29/h2-10,12-13H,11H2,1H3,(H2,25,29). The van der Waals surface area contributed by atoms with Gasteiger partial charge in [-0.1, -0.05) is 42.5 Å². The molecule has 0 saturated carbocycles. The van der Waals surface area contributed by atoms with Crippen LogP contribution in [0.15, 0.2) is 71.1 Å². The molecule has 3 heterocycles. The smallest absolute Gasteiger partial charge is 0.262 e. The van der Waals surface area contributed by atoms with E-state index in [9.17, 15) is 9.59 Å². The maximum Gasteiger partial charge on any atom is 0.262 e. The van der Waals surface area contributed by atoms with Crippen molar-refractivity contribution >= 4 is 38.8 Å². The lowest BCUT2D eigenvalue weighted by Gasteiger charge is -2.03. The van der Waals surface area contributed by atoms with Crippen LogP contribution in [0.4, 0.5) is 0 Å². The van der Waals surface area contributed by atoms with Crippen molar-refractivity contribution in [1.82, 2.24) is 14.5 Å². The second-order valence-corrected chi connectivity index (χ2v) is 9.22. The van der Waals surface area contributed by atoms with E-state index in [1.807, 2.05) is 54.8 Å². The van der Waals surface area contributed by atoms with Crippen LogP contribution in [0.25, 0.3) is 31.2 Å². The minimum atomic E-state index is -0.460. The minimum absolute atomic E-state index is 0.0636. The highest BCUT2D eigenvalue weighted by atomic mass is 32.1. The number of aromatic nitrogens is 3. The van der Waals surface area contributed by atoms with E-state index in [0.29, 0.717) is 17.5 Å². The second-order valence-electron chi connectivity index (χ2n) is 7.37. The van der Waals surface area contributed by atoms with E-state index in [1.165, 1.54) is 22.7 Å². The topological polar surface area (TPSA) is 90.9 Å². The average molecular weight is 459 g/mol. The van der Waals surface area contributed by atoms with Crippen LogP contribution in [0.5, 0.6) is 0 Å². The quantitative estimate of drug-likeness (QED) is 0.413. The number of benzene rings is 2. The normalized spacial score (nSPS) is 11.2. The third-order valence-corrected chi connectivity index (χ3v) is 7.44. The van der Waals surface area contributed by atoms with Crippen LogP contribution in [-0.2, 0) is 6.54 Å². The Kier molecular flexibility index (Phi) is 5.16. The van der Waals surface area contributed by atoms with Gasteiger partial charge >= 0.3 is 0 Å². The van der Waals surface area contributed by atoms with Crippen LogP contribution in [0.3, 0.4) is 0 Å². The van der Waals surface area contributed by atoms with E-state index in [1.54, 1.807) is 23.0 Å². The predicted molar refractivity (Wildman–Crippen MR) is 129 cm³/mol. The molecular weight excluding hydrogens is 440 g/mol. The Morgan fingerprint density at radius 2 is 1.81 bits per heavy atom. The Morgan fingerprint density at radius 3 is 2.53 bits per heavy atom. The largest absolute Gasteiger partial charge is 0.366 e. The van der Waals surface area contributed by atoms with Gasteiger partial charge in [0.25, 0.3) is 5.56 Å². The molecule has 2 aromatic carbocycles. The van der Waals surface area contributed by atoms with Gasteiger partial charge in [0.15, 0.2) is 0 Å². The zero-order valence-corrected chi connectivity index (χ0v) is 18.7. The summed E-state index contributed by atoms with van der Waals surface area (Å²) in [5.74, 6) is -0.460. The Hall–Kier alpha value is -3.62. The maximum atomic E-state index is 13.2. The Labute approximate surface area is 191 Å². The number of thiophene rings is 1. The average Bonchev–Trinajstić information content (AvgIpc) is 3.41. The number of nitrogens with two attached hydrogens (primary N) is 1. The van der Waals surface area contributed by atoms with Gasteiger partial charge < -0.3 is 5.73 Å². The fourth-order valence-corrected chi connectivity index (χ4v) is 5.56. The molecule has 0 unspecified atom stereocenters. The number of aryl methyl sites for hydroxylation is 1. The van der Waals surface area contributed by atoms with Crippen molar-refractivity contribution in [3.05, 3.63) is 93.5 Å². The summed E-state index contributed by atoms with van der Waals surface area (Å²) in [7, 11) is 0. The summed E-state index contributed by atoms with van der Waals surface area (Å²) >= 11 is 3.03. The van der Waals surface area contributed by atoms with Crippen molar-refractivity contribution in [3.8, 4) is 21.0 Å². The molecule has 8 heteroatoms. The minimum Gasteiger partial charge on any atom is -0.366 e. The number of primary amides is 1. The number of thiazole rings is 1. The maximum absolute atomic E-state index is 13.2. The monoisotopic (exact) mass is 458 g/mol. The summed E-state index contributed by atoms with van der Waals surface area (Å²) in [5, 5.41) is 3.41. The van der Waals surface area contributed by atoms with Crippen molar-refractivity contribution in [2.75, 3.05) is 0 Å². The van der Waals surface area contributed by atoms with Crippen LogP contribution in [0.1, 0.15) is 21.6 Å². The van der Waals surface area contributed by atoms with Crippen LogP contribution in [-0.4, -0.2) is 20.4 Å². The van der Waals surface area contributed by atoms with Crippen molar-refractivity contribution in [2.45, 2.75) is 13.5 Å². The first-order valence-corrected chi connectivity index (χ1v) is 11.6. The summed E-state index contributed by atoms with van der Waals surface area (Å²) in [5.41, 5.74) is 9.42. The molecule has 0 aliphatic carbocycles. The van der Waals surface area contributed by atoms with Gasteiger partial charge in [0.05, 0.1) is 24.0 Å². The zero-order chi connectivity index (χ0) is 22.2. The van der Waals surface area contributed by atoms with Gasteiger partial charge in [-0.15, -0.1) is 22.7 Å². The molecule has 6 nitrogen and oxygen atoms in total. The Morgan fingerprint density at radius 1 is 1.06 bits per heavy atom.